The first kappa shape index (κ1) is 11.9. The third-order valence-corrected chi connectivity index (χ3v) is 2.36. The molecule has 1 aliphatic rings. The Morgan fingerprint density at radius 1 is 1.17 bits per heavy atom. The molecule has 0 amide bonds. The molecule has 0 bridgehead atoms. The van der Waals surface area contributed by atoms with Crippen molar-refractivity contribution in [1.29, 1.82) is 0 Å². The lowest BCUT2D eigenvalue weighted by Gasteiger charge is -2.32. The van der Waals surface area contributed by atoms with E-state index in [1.807, 2.05) is 27.7 Å². The first-order chi connectivity index (χ1) is 5.65. The molecule has 1 fully saturated rings. The van der Waals surface area contributed by atoms with Gasteiger partial charge in [-0.25, -0.2) is 4.39 Å². The van der Waals surface area contributed by atoms with Crippen molar-refractivity contribution in [2.75, 3.05) is 13.2 Å². The van der Waals surface area contributed by atoms with E-state index < -0.39 is 5.67 Å². The molecule has 0 atom stereocenters. The van der Waals surface area contributed by atoms with Crippen molar-refractivity contribution >= 4 is 0 Å². The van der Waals surface area contributed by atoms with Gasteiger partial charge in [0, 0.05) is 26.1 Å². The summed E-state index contributed by atoms with van der Waals surface area (Å²) >= 11 is 0. The van der Waals surface area contributed by atoms with Crippen molar-refractivity contribution in [2.24, 2.45) is 5.92 Å². The highest BCUT2D eigenvalue weighted by Gasteiger charge is 2.35. The second kappa shape index (κ2) is 5.52. The number of hydrogen-bond donors (Lipinski definition) is 0. The topological polar surface area (TPSA) is 9.23 Å². The Bertz CT molecular complexity index is 106. The average Bonchev–Trinajstić information content (AvgIpc) is 2.09. The minimum absolute atomic E-state index is 0.136. The van der Waals surface area contributed by atoms with Crippen LogP contribution in [0.4, 0.5) is 4.39 Å². The first-order valence-electron chi connectivity index (χ1n) is 4.92. The highest BCUT2D eigenvalue weighted by atomic mass is 19.1. The molecular weight excluding hydrogens is 155 g/mol. The summed E-state index contributed by atoms with van der Waals surface area (Å²) in [5, 5.41) is 0. The van der Waals surface area contributed by atoms with E-state index in [0.29, 0.717) is 26.1 Å². The number of halogens is 1. The molecule has 0 unspecified atom stereocenters. The largest absolute Gasteiger partial charge is 0.381 e. The normalized spacial score (nSPS) is 21.5. The Morgan fingerprint density at radius 2 is 1.58 bits per heavy atom. The Balaban J connectivity index is 0.000000561. The lowest BCUT2D eigenvalue weighted by molar-refractivity contribution is -0.0342. The zero-order valence-corrected chi connectivity index (χ0v) is 8.69. The molecule has 2 heteroatoms. The Labute approximate surface area is 75.3 Å². The Kier molecular flexibility index (Phi) is 5.47. The zero-order valence-electron chi connectivity index (χ0n) is 8.69. The summed E-state index contributed by atoms with van der Waals surface area (Å²) in [6, 6.07) is 0. The van der Waals surface area contributed by atoms with Gasteiger partial charge in [0.2, 0.25) is 0 Å². The maximum Gasteiger partial charge on any atom is 0.117 e. The molecule has 0 radical (unpaired) electrons. The van der Waals surface area contributed by atoms with Gasteiger partial charge in [-0.1, -0.05) is 27.7 Å². The van der Waals surface area contributed by atoms with E-state index in [9.17, 15) is 4.39 Å². The maximum absolute atomic E-state index is 13.6. The van der Waals surface area contributed by atoms with Crippen LogP contribution < -0.4 is 0 Å². The van der Waals surface area contributed by atoms with Crippen LogP contribution in [0, 0.1) is 5.92 Å². The van der Waals surface area contributed by atoms with Crippen LogP contribution in [0.15, 0.2) is 0 Å². The fourth-order valence-corrected chi connectivity index (χ4v) is 1.29. The van der Waals surface area contributed by atoms with Crippen molar-refractivity contribution in [3.05, 3.63) is 0 Å². The van der Waals surface area contributed by atoms with Crippen LogP contribution >= 0.6 is 0 Å². The van der Waals surface area contributed by atoms with E-state index in [-0.39, 0.29) is 5.92 Å². The van der Waals surface area contributed by atoms with Crippen LogP contribution in [-0.4, -0.2) is 18.9 Å². The molecule has 74 valence electrons. The SMILES string of the molecule is CC.CC(C)C1(F)CCOCC1. The van der Waals surface area contributed by atoms with Gasteiger partial charge >= 0.3 is 0 Å². The van der Waals surface area contributed by atoms with Crippen LogP contribution in [0.25, 0.3) is 0 Å². The maximum atomic E-state index is 13.6. The molecule has 0 saturated carbocycles. The molecule has 0 aromatic carbocycles. The van der Waals surface area contributed by atoms with Gasteiger partial charge in [0.05, 0.1) is 0 Å². The van der Waals surface area contributed by atoms with Crippen molar-refractivity contribution in [2.45, 2.75) is 46.2 Å². The third kappa shape index (κ3) is 3.10. The number of rotatable bonds is 1. The summed E-state index contributed by atoms with van der Waals surface area (Å²) in [5.41, 5.74) is -0.946. The van der Waals surface area contributed by atoms with Gasteiger partial charge < -0.3 is 4.74 Å². The van der Waals surface area contributed by atoms with Gasteiger partial charge in [-0.05, 0) is 5.92 Å². The first-order valence-corrected chi connectivity index (χ1v) is 4.92. The van der Waals surface area contributed by atoms with Gasteiger partial charge in [-0.2, -0.15) is 0 Å². The van der Waals surface area contributed by atoms with E-state index in [1.54, 1.807) is 0 Å². The highest BCUT2D eigenvalue weighted by Crippen LogP contribution is 2.32. The van der Waals surface area contributed by atoms with E-state index in [0.717, 1.165) is 0 Å². The van der Waals surface area contributed by atoms with Crippen LogP contribution in [-0.2, 0) is 4.74 Å². The minimum Gasteiger partial charge on any atom is -0.381 e. The van der Waals surface area contributed by atoms with E-state index in [4.69, 9.17) is 4.74 Å². The monoisotopic (exact) mass is 176 g/mol. The number of hydrogen-bond acceptors (Lipinski definition) is 1. The van der Waals surface area contributed by atoms with Gasteiger partial charge in [0.15, 0.2) is 0 Å². The van der Waals surface area contributed by atoms with E-state index >= 15 is 0 Å². The van der Waals surface area contributed by atoms with Gasteiger partial charge in [-0.3, -0.25) is 0 Å². The third-order valence-electron chi connectivity index (χ3n) is 2.36. The second-order valence-electron chi connectivity index (χ2n) is 3.30. The quantitative estimate of drug-likeness (QED) is 0.596. The second-order valence-corrected chi connectivity index (χ2v) is 3.30. The standard InChI is InChI=1S/C8H15FO.C2H6/c1-7(2)8(9)3-5-10-6-4-8;1-2/h7H,3-6H2,1-2H3;1-2H3. The van der Waals surface area contributed by atoms with Crippen LogP contribution in [0.5, 0.6) is 0 Å². The zero-order chi connectivity index (χ0) is 9.61. The van der Waals surface area contributed by atoms with Crippen molar-refractivity contribution in [1.82, 2.24) is 0 Å². The average molecular weight is 176 g/mol. The molecule has 0 N–H and O–H groups in total. The molecule has 0 aromatic rings. The molecule has 1 rings (SSSR count). The van der Waals surface area contributed by atoms with Crippen LogP contribution in [0.2, 0.25) is 0 Å². The van der Waals surface area contributed by atoms with Crippen LogP contribution in [0.3, 0.4) is 0 Å². The van der Waals surface area contributed by atoms with Crippen molar-refractivity contribution in [3.8, 4) is 0 Å². The van der Waals surface area contributed by atoms with Crippen molar-refractivity contribution in [3.63, 3.8) is 0 Å². The predicted molar refractivity (Wildman–Crippen MR) is 50.1 cm³/mol. The number of ether oxygens (including phenoxy) is 1. The predicted octanol–water partition coefficient (Wildman–Crippen LogP) is 3.19. The van der Waals surface area contributed by atoms with Crippen LogP contribution in [0.1, 0.15) is 40.5 Å². The van der Waals surface area contributed by atoms with Gasteiger partial charge in [-0.15, -0.1) is 0 Å². The molecule has 1 aliphatic heterocycles. The molecule has 1 nitrogen and oxygen atoms in total. The fourth-order valence-electron chi connectivity index (χ4n) is 1.29. The van der Waals surface area contributed by atoms with Gasteiger partial charge in [0.1, 0.15) is 5.67 Å². The Morgan fingerprint density at radius 3 is 1.83 bits per heavy atom. The fraction of sp³-hybridized carbons (Fsp3) is 1.00. The minimum atomic E-state index is -0.946. The summed E-state index contributed by atoms with van der Waals surface area (Å²) in [6.45, 7) is 9.06. The van der Waals surface area contributed by atoms with Crippen molar-refractivity contribution < 1.29 is 9.13 Å². The summed E-state index contributed by atoms with van der Waals surface area (Å²) in [4.78, 5) is 0. The van der Waals surface area contributed by atoms with E-state index in [1.165, 1.54) is 0 Å². The smallest absolute Gasteiger partial charge is 0.117 e. The van der Waals surface area contributed by atoms with Gasteiger partial charge in [0.25, 0.3) is 0 Å². The lowest BCUT2D eigenvalue weighted by Crippen LogP contribution is -2.36. The summed E-state index contributed by atoms with van der Waals surface area (Å²) in [6.07, 6.45) is 1.15. The molecule has 1 heterocycles. The molecule has 1 saturated heterocycles. The molecule has 0 aliphatic carbocycles. The molecule has 0 spiro atoms. The Hall–Kier alpha value is -0.110. The molecule has 0 aromatic heterocycles. The molecular formula is C10H21FO. The molecule has 12 heavy (non-hydrogen) atoms. The summed E-state index contributed by atoms with van der Waals surface area (Å²) in [5.74, 6) is 0.136. The number of alkyl halides is 1. The highest BCUT2D eigenvalue weighted by molar-refractivity contribution is 4.84. The van der Waals surface area contributed by atoms with E-state index in [2.05, 4.69) is 0 Å². The lowest BCUT2D eigenvalue weighted by atomic mass is 9.85. The summed E-state index contributed by atoms with van der Waals surface area (Å²) < 4.78 is 18.7. The summed E-state index contributed by atoms with van der Waals surface area (Å²) in [7, 11) is 0.